The Hall–Kier alpha value is -2.01. The van der Waals surface area contributed by atoms with E-state index in [0.717, 1.165) is 36.8 Å². The van der Waals surface area contributed by atoms with Crippen LogP contribution in [0.1, 0.15) is 31.2 Å². The topological polar surface area (TPSA) is 50.2 Å². The summed E-state index contributed by atoms with van der Waals surface area (Å²) in [7, 11) is 1.92. The summed E-state index contributed by atoms with van der Waals surface area (Å²) >= 11 is 5.98. The lowest BCUT2D eigenvalue weighted by atomic mass is 9.74. The van der Waals surface area contributed by atoms with Gasteiger partial charge in [-0.05, 0) is 36.0 Å². The Morgan fingerprint density at radius 3 is 2.54 bits per heavy atom. The van der Waals surface area contributed by atoms with Crippen LogP contribution in [0.25, 0.3) is 0 Å². The van der Waals surface area contributed by atoms with Crippen molar-refractivity contribution in [2.45, 2.75) is 31.7 Å². The molecule has 0 unspecified atom stereocenters. The van der Waals surface area contributed by atoms with Crippen molar-refractivity contribution < 1.29 is 4.79 Å². The fourth-order valence-electron chi connectivity index (χ4n) is 3.18. The van der Waals surface area contributed by atoms with Crippen molar-refractivity contribution in [1.29, 1.82) is 0 Å². The highest BCUT2D eigenvalue weighted by atomic mass is 35.5. The molecule has 1 fully saturated rings. The number of halogens is 1. The maximum atomic E-state index is 12.4. The molecule has 2 aromatic rings. The number of imidazole rings is 1. The molecule has 24 heavy (non-hydrogen) atoms. The van der Waals surface area contributed by atoms with E-state index in [0.29, 0.717) is 6.54 Å². The molecule has 3 rings (SSSR count). The van der Waals surface area contributed by atoms with Gasteiger partial charge in [0.1, 0.15) is 5.82 Å². The molecule has 1 aliphatic heterocycles. The molecule has 0 aliphatic carbocycles. The second kappa shape index (κ2) is 6.85. The van der Waals surface area contributed by atoms with Gasteiger partial charge in [0.2, 0.25) is 0 Å². The van der Waals surface area contributed by atoms with E-state index in [2.05, 4.69) is 29.4 Å². The molecule has 0 saturated carbocycles. The van der Waals surface area contributed by atoms with Crippen LogP contribution in [0.3, 0.4) is 0 Å². The third-order valence-electron chi connectivity index (χ3n) is 5.01. The van der Waals surface area contributed by atoms with Gasteiger partial charge >= 0.3 is 6.03 Å². The van der Waals surface area contributed by atoms with Gasteiger partial charge in [0.15, 0.2) is 0 Å². The summed E-state index contributed by atoms with van der Waals surface area (Å²) in [5, 5.41) is 3.71. The Labute approximate surface area is 147 Å². The van der Waals surface area contributed by atoms with E-state index in [4.69, 9.17) is 11.6 Å². The highest BCUT2D eigenvalue weighted by Gasteiger charge is 2.33. The second-order valence-electron chi connectivity index (χ2n) is 6.67. The van der Waals surface area contributed by atoms with Crippen molar-refractivity contribution >= 4 is 17.6 Å². The van der Waals surface area contributed by atoms with Crippen LogP contribution in [0, 0.1) is 0 Å². The zero-order valence-electron chi connectivity index (χ0n) is 14.1. The van der Waals surface area contributed by atoms with E-state index in [1.165, 1.54) is 5.56 Å². The largest absolute Gasteiger partial charge is 0.337 e. The second-order valence-corrected chi connectivity index (χ2v) is 7.10. The molecular weight excluding hydrogens is 324 g/mol. The lowest BCUT2D eigenvalue weighted by Crippen LogP contribution is -2.47. The molecule has 128 valence electrons. The van der Waals surface area contributed by atoms with Gasteiger partial charge in [-0.3, -0.25) is 0 Å². The minimum atomic E-state index is -0.0174. The first-order chi connectivity index (χ1) is 11.5. The number of aromatic nitrogens is 2. The number of amides is 2. The Morgan fingerprint density at radius 1 is 1.29 bits per heavy atom. The molecule has 1 N–H and O–H groups in total. The number of nitrogens with one attached hydrogen (secondary N) is 1. The number of urea groups is 1. The lowest BCUT2D eigenvalue weighted by Gasteiger charge is -2.39. The molecule has 0 atom stereocenters. The molecule has 2 heterocycles. The SMILES string of the molecule is Cn1ccnc1CNC(=O)N1CCC(C)(c2ccc(Cl)cc2)CC1. The summed E-state index contributed by atoms with van der Waals surface area (Å²) < 4.78 is 1.91. The van der Waals surface area contributed by atoms with Crippen molar-refractivity contribution in [3.8, 4) is 0 Å². The Bertz CT molecular complexity index is 702. The molecule has 5 nitrogen and oxygen atoms in total. The highest BCUT2D eigenvalue weighted by molar-refractivity contribution is 6.30. The van der Waals surface area contributed by atoms with E-state index in [9.17, 15) is 4.79 Å². The van der Waals surface area contributed by atoms with Crippen LogP contribution in [-0.2, 0) is 19.0 Å². The molecule has 6 heteroatoms. The average molecular weight is 347 g/mol. The van der Waals surface area contributed by atoms with Gasteiger partial charge in [-0.25, -0.2) is 9.78 Å². The average Bonchev–Trinajstić information content (AvgIpc) is 2.99. The number of aryl methyl sites for hydroxylation is 1. The minimum Gasteiger partial charge on any atom is -0.337 e. The van der Waals surface area contributed by atoms with E-state index in [1.54, 1.807) is 6.20 Å². The van der Waals surface area contributed by atoms with Gasteiger partial charge in [-0.1, -0.05) is 30.7 Å². The number of likely N-dealkylation sites (tertiary alicyclic amines) is 1. The summed E-state index contributed by atoms with van der Waals surface area (Å²) in [6, 6.07) is 8.05. The number of hydrogen-bond acceptors (Lipinski definition) is 2. The van der Waals surface area contributed by atoms with Crippen LogP contribution in [0.5, 0.6) is 0 Å². The zero-order valence-corrected chi connectivity index (χ0v) is 14.9. The Morgan fingerprint density at radius 2 is 1.96 bits per heavy atom. The zero-order chi connectivity index (χ0) is 17.2. The van der Waals surface area contributed by atoms with Crippen molar-refractivity contribution in [2.75, 3.05) is 13.1 Å². The molecule has 1 aromatic heterocycles. The molecule has 1 saturated heterocycles. The Kier molecular flexibility index (Phi) is 4.81. The lowest BCUT2D eigenvalue weighted by molar-refractivity contribution is 0.162. The number of carbonyl (C=O) groups is 1. The first-order valence-corrected chi connectivity index (χ1v) is 8.61. The number of nitrogens with zero attached hydrogens (tertiary/aromatic N) is 3. The molecule has 0 spiro atoms. The van der Waals surface area contributed by atoms with Crippen molar-refractivity contribution in [3.63, 3.8) is 0 Å². The summed E-state index contributed by atoms with van der Waals surface area (Å²) in [6.07, 6.45) is 5.51. The van der Waals surface area contributed by atoms with E-state index in [1.807, 2.05) is 34.8 Å². The van der Waals surface area contributed by atoms with Gasteiger partial charge in [0.25, 0.3) is 0 Å². The fourth-order valence-corrected chi connectivity index (χ4v) is 3.30. The number of rotatable bonds is 3. The van der Waals surface area contributed by atoms with E-state index < -0.39 is 0 Å². The van der Waals surface area contributed by atoms with Gasteiger partial charge in [0, 0.05) is 37.6 Å². The molecule has 1 aromatic carbocycles. The first kappa shape index (κ1) is 16.8. The maximum Gasteiger partial charge on any atom is 0.317 e. The summed E-state index contributed by atoms with van der Waals surface area (Å²) in [5.74, 6) is 0.853. The first-order valence-electron chi connectivity index (χ1n) is 8.23. The smallest absolute Gasteiger partial charge is 0.317 e. The van der Waals surface area contributed by atoms with Crippen LogP contribution in [0.4, 0.5) is 4.79 Å². The molecular formula is C18H23ClN4O. The minimum absolute atomic E-state index is 0.0174. The van der Waals surface area contributed by atoms with Crippen molar-refractivity contribution in [3.05, 3.63) is 53.1 Å². The van der Waals surface area contributed by atoms with Crippen LogP contribution < -0.4 is 5.32 Å². The van der Waals surface area contributed by atoms with Crippen LogP contribution >= 0.6 is 11.6 Å². The quantitative estimate of drug-likeness (QED) is 0.926. The van der Waals surface area contributed by atoms with Gasteiger partial charge < -0.3 is 14.8 Å². The number of hydrogen-bond donors (Lipinski definition) is 1. The third kappa shape index (κ3) is 3.56. The van der Waals surface area contributed by atoms with E-state index in [-0.39, 0.29) is 11.4 Å². The summed E-state index contributed by atoms with van der Waals surface area (Å²) in [6.45, 7) is 4.23. The monoisotopic (exact) mass is 346 g/mol. The highest BCUT2D eigenvalue weighted by Crippen LogP contribution is 2.35. The molecule has 0 radical (unpaired) electrons. The van der Waals surface area contributed by atoms with Crippen LogP contribution in [0.2, 0.25) is 5.02 Å². The standard InChI is InChI=1S/C18H23ClN4O/c1-18(14-3-5-15(19)6-4-14)7-10-23(11-8-18)17(24)21-13-16-20-9-12-22(16)2/h3-6,9,12H,7-8,10-11,13H2,1-2H3,(H,21,24). The predicted molar refractivity (Wildman–Crippen MR) is 95.1 cm³/mol. The Balaban J connectivity index is 1.55. The maximum absolute atomic E-state index is 12.4. The van der Waals surface area contributed by atoms with Crippen LogP contribution in [-0.4, -0.2) is 33.6 Å². The van der Waals surface area contributed by atoms with Gasteiger partial charge in [-0.2, -0.15) is 0 Å². The predicted octanol–water partition coefficient (Wildman–Crippen LogP) is 3.34. The molecule has 1 aliphatic rings. The molecule has 2 amide bonds. The number of benzene rings is 1. The van der Waals surface area contributed by atoms with Crippen molar-refractivity contribution in [2.24, 2.45) is 7.05 Å². The summed E-state index contributed by atoms with van der Waals surface area (Å²) in [4.78, 5) is 18.5. The number of piperidine rings is 1. The summed E-state index contributed by atoms with van der Waals surface area (Å²) in [5.41, 5.74) is 1.39. The van der Waals surface area contributed by atoms with Crippen LogP contribution in [0.15, 0.2) is 36.7 Å². The number of carbonyl (C=O) groups excluding carboxylic acids is 1. The third-order valence-corrected chi connectivity index (χ3v) is 5.27. The van der Waals surface area contributed by atoms with Gasteiger partial charge in [-0.15, -0.1) is 0 Å². The fraction of sp³-hybridized carbons (Fsp3) is 0.444. The molecule has 0 bridgehead atoms. The van der Waals surface area contributed by atoms with Gasteiger partial charge in [0.05, 0.1) is 6.54 Å². The van der Waals surface area contributed by atoms with E-state index >= 15 is 0 Å². The normalized spacial score (nSPS) is 16.9. The van der Waals surface area contributed by atoms with Crippen molar-refractivity contribution in [1.82, 2.24) is 19.8 Å².